The quantitative estimate of drug-likeness (QED) is 0.693. The maximum atomic E-state index is 13.5. The normalized spacial score (nSPS) is 24.6. The van der Waals surface area contributed by atoms with E-state index in [1.807, 2.05) is 0 Å². The summed E-state index contributed by atoms with van der Waals surface area (Å²) in [7, 11) is 0. The van der Waals surface area contributed by atoms with Gasteiger partial charge in [0.2, 0.25) is 0 Å². The molecular formula is C14H18F2. The lowest BCUT2D eigenvalue weighted by Gasteiger charge is -2.17. The van der Waals surface area contributed by atoms with E-state index in [4.69, 9.17) is 0 Å². The van der Waals surface area contributed by atoms with Crippen LogP contribution in [0.1, 0.15) is 45.1 Å². The van der Waals surface area contributed by atoms with Crippen LogP contribution in [0.25, 0.3) is 0 Å². The minimum absolute atomic E-state index is 0.288. The summed E-state index contributed by atoms with van der Waals surface area (Å²) < 4.78 is 26.3. The van der Waals surface area contributed by atoms with Gasteiger partial charge < -0.3 is 0 Å². The average Bonchev–Trinajstić information content (AvgIpc) is 2.80. The molecule has 0 aromatic heterocycles. The Kier molecular flexibility index (Phi) is 2.77. The highest BCUT2D eigenvalue weighted by molar-refractivity contribution is 5.28. The Labute approximate surface area is 95.7 Å². The summed E-state index contributed by atoms with van der Waals surface area (Å²) in [4.78, 5) is 0. The van der Waals surface area contributed by atoms with Gasteiger partial charge in [-0.25, -0.2) is 8.78 Å². The molecule has 0 radical (unpaired) electrons. The fraction of sp³-hybridized carbons (Fsp3) is 0.571. The lowest BCUT2D eigenvalue weighted by Crippen LogP contribution is -2.06. The molecule has 0 heterocycles. The van der Waals surface area contributed by atoms with Gasteiger partial charge >= 0.3 is 0 Å². The van der Waals surface area contributed by atoms with Crippen molar-refractivity contribution in [1.29, 1.82) is 0 Å². The fourth-order valence-electron chi connectivity index (χ4n) is 2.44. The van der Waals surface area contributed by atoms with E-state index in [2.05, 4.69) is 20.8 Å². The van der Waals surface area contributed by atoms with Gasteiger partial charge in [-0.2, -0.15) is 0 Å². The lowest BCUT2D eigenvalue weighted by molar-refractivity contribution is 0.350. The molecule has 0 N–H and O–H groups in total. The van der Waals surface area contributed by atoms with Crippen molar-refractivity contribution >= 4 is 0 Å². The molecule has 2 rings (SSSR count). The van der Waals surface area contributed by atoms with Crippen LogP contribution in [0.5, 0.6) is 0 Å². The maximum absolute atomic E-state index is 13.5. The van der Waals surface area contributed by atoms with Gasteiger partial charge in [0.05, 0.1) is 0 Å². The Morgan fingerprint density at radius 1 is 1.25 bits per heavy atom. The van der Waals surface area contributed by atoms with E-state index >= 15 is 0 Å². The molecule has 2 heteroatoms. The Bertz CT molecular complexity index is 390. The van der Waals surface area contributed by atoms with E-state index in [0.717, 1.165) is 18.9 Å². The van der Waals surface area contributed by atoms with Crippen LogP contribution in [0.15, 0.2) is 18.2 Å². The first-order valence-corrected chi connectivity index (χ1v) is 5.82. The van der Waals surface area contributed by atoms with Crippen LogP contribution in [-0.2, 0) is 0 Å². The summed E-state index contributed by atoms with van der Waals surface area (Å²) in [5.41, 5.74) is 0.978. The highest BCUT2D eigenvalue weighted by atomic mass is 19.1. The average molecular weight is 224 g/mol. The van der Waals surface area contributed by atoms with Crippen LogP contribution < -0.4 is 0 Å². The summed E-state index contributed by atoms with van der Waals surface area (Å²) in [5, 5.41) is 0. The van der Waals surface area contributed by atoms with Crippen LogP contribution in [0.3, 0.4) is 0 Å². The summed E-state index contributed by atoms with van der Waals surface area (Å²) in [6, 6.07) is 3.94. The van der Waals surface area contributed by atoms with Gasteiger partial charge in [0.15, 0.2) is 0 Å². The molecule has 2 unspecified atom stereocenters. The molecule has 0 saturated heterocycles. The van der Waals surface area contributed by atoms with Crippen molar-refractivity contribution in [2.45, 2.75) is 39.5 Å². The molecule has 1 fully saturated rings. The van der Waals surface area contributed by atoms with Crippen molar-refractivity contribution in [3.63, 3.8) is 0 Å². The SMILES string of the molecule is CC(C)(C)CC1CC1c1ccc(F)cc1F. The summed E-state index contributed by atoms with van der Waals surface area (Å²) in [6.45, 7) is 6.59. The molecule has 1 aliphatic carbocycles. The van der Waals surface area contributed by atoms with E-state index in [9.17, 15) is 8.78 Å². The zero-order valence-electron chi connectivity index (χ0n) is 10.1. The van der Waals surface area contributed by atoms with Gasteiger partial charge in [0.1, 0.15) is 11.6 Å². The number of halogens is 2. The Morgan fingerprint density at radius 3 is 2.50 bits per heavy atom. The van der Waals surface area contributed by atoms with Crippen molar-refractivity contribution in [1.82, 2.24) is 0 Å². The maximum Gasteiger partial charge on any atom is 0.129 e. The molecule has 0 aliphatic heterocycles. The molecule has 1 saturated carbocycles. The molecule has 88 valence electrons. The second-order valence-corrected chi connectivity index (χ2v) is 6.03. The topological polar surface area (TPSA) is 0 Å². The first-order valence-electron chi connectivity index (χ1n) is 5.82. The zero-order valence-corrected chi connectivity index (χ0v) is 10.1. The van der Waals surface area contributed by atoms with Crippen molar-refractivity contribution in [3.8, 4) is 0 Å². The molecular weight excluding hydrogens is 206 g/mol. The zero-order chi connectivity index (χ0) is 11.9. The van der Waals surface area contributed by atoms with Gasteiger partial charge in [-0.3, -0.25) is 0 Å². The molecule has 16 heavy (non-hydrogen) atoms. The highest BCUT2D eigenvalue weighted by Gasteiger charge is 2.41. The molecule has 1 aliphatic rings. The number of benzene rings is 1. The van der Waals surface area contributed by atoms with E-state index in [1.165, 1.54) is 6.07 Å². The third-order valence-electron chi connectivity index (χ3n) is 3.16. The largest absolute Gasteiger partial charge is 0.207 e. The Hall–Kier alpha value is -0.920. The molecule has 0 nitrogen and oxygen atoms in total. The molecule has 1 aromatic rings. The summed E-state index contributed by atoms with van der Waals surface area (Å²) in [5.74, 6) is -0.00420. The smallest absolute Gasteiger partial charge is 0.129 e. The van der Waals surface area contributed by atoms with Gasteiger partial charge in [-0.1, -0.05) is 26.8 Å². The van der Waals surface area contributed by atoms with Crippen LogP contribution in [0, 0.1) is 23.0 Å². The van der Waals surface area contributed by atoms with Crippen molar-refractivity contribution in [2.24, 2.45) is 11.3 Å². The minimum Gasteiger partial charge on any atom is -0.207 e. The van der Waals surface area contributed by atoms with Gasteiger partial charge in [-0.05, 0) is 41.7 Å². The first-order chi connectivity index (χ1) is 7.37. The van der Waals surface area contributed by atoms with E-state index in [0.29, 0.717) is 17.4 Å². The predicted octanol–water partition coefficient (Wildman–Crippen LogP) is 4.50. The molecule has 1 aromatic carbocycles. The predicted molar refractivity (Wildman–Crippen MR) is 61.3 cm³/mol. The van der Waals surface area contributed by atoms with E-state index in [-0.39, 0.29) is 11.2 Å². The van der Waals surface area contributed by atoms with Crippen LogP contribution in [0.4, 0.5) is 8.78 Å². The molecule has 0 amide bonds. The summed E-state index contributed by atoms with van der Waals surface area (Å²) in [6.07, 6.45) is 2.15. The number of hydrogen-bond acceptors (Lipinski definition) is 0. The van der Waals surface area contributed by atoms with Gasteiger partial charge in [-0.15, -0.1) is 0 Å². The third-order valence-corrected chi connectivity index (χ3v) is 3.16. The lowest BCUT2D eigenvalue weighted by atomic mass is 9.88. The van der Waals surface area contributed by atoms with Crippen LogP contribution in [0.2, 0.25) is 0 Å². The molecule has 2 atom stereocenters. The minimum atomic E-state index is -0.491. The van der Waals surface area contributed by atoms with E-state index in [1.54, 1.807) is 6.07 Å². The highest BCUT2D eigenvalue weighted by Crippen LogP contribution is 2.53. The monoisotopic (exact) mass is 224 g/mol. The fourth-order valence-corrected chi connectivity index (χ4v) is 2.44. The van der Waals surface area contributed by atoms with Gasteiger partial charge in [0.25, 0.3) is 0 Å². The number of rotatable bonds is 2. The van der Waals surface area contributed by atoms with Gasteiger partial charge in [0, 0.05) is 6.07 Å². The molecule has 0 spiro atoms. The summed E-state index contributed by atoms with van der Waals surface area (Å²) >= 11 is 0. The van der Waals surface area contributed by atoms with Crippen molar-refractivity contribution in [2.75, 3.05) is 0 Å². The van der Waals surface area contributed by atoms with Crippen molar-refractivity contribution < 1.29 is 8.78 Å². The standard InChI is InChI=1S/C14H18F2/c1-14(2,3)8-9-6-12(9)11-5-4-10(15)7-13(11)16/h4-5,7,9,12H,6,8H2,1-3H3. The second kappa shape index (κ2) is 3.83. The van der Waals surface area contributed by atoms with Crippen LogP contribution in [-0.4, -0.2) is 0 Å². The van der Waals surface area contributed by atoms with Crippen molar-refractivity contribution in [3.05, 3.63) is 35.4 Å². The number of hydrogen-bond donors (Lipinski definition) is 0. The Balaban J connectivity index is 2.06. The Morgan fingerprint density at radius 2 is 1.94 bits per heavy atom. The first kappa shape index (κ1) is 11.6. The van der Waals surface area contributed by atoms with E-state index < -0.39 is 5.82 Å². The second-order valence-electron chi connectivity index (χ2n) is 6.03. The van der Waals surface area contributed by atoms with Crippen LogP contribution >= 0.6 is 0 Å². The third kappa shape index (κ3) is 2.60. The molecule has 0 bridgehead atoms.